The van der Waals surface area contributed by atoms with Crippen LogP contribution in [-0.2, 0) is 4.79 Å². The van der Waals surface area contributed by atoms with Gasteiger partial charge < -0.3 is 14.7 Å². The number of hydrogen-bond acceptors (Lipinski definition) is 6. The molecule has 3 aromatic rings. The number of aryl methyl sites for hydroxylation is 2. The molecule has 2 aromatic heterocycles. The lowest BCUT2D eigenvalue weighted by molar-refractivity contribution is -0.133. The third-order valence-corrected chi connectivity index (χ3v) is 6.26. The van der Waals surface area contributed by atoms with E-state index < -0.39 is 42.8 Å². The molecule has 0 saturated carbocycles. The molecule has 1 aliphatic heterocycles. The summed E-state index contributed by atoms with van der Waals surface area (Å²) in [6, 6.07) is 8.82. The number of alkyl halides is 2. The Morgan fingerprint density at radius 2 is 2.06 bits per heavy atom. The van der Waals surface area contributed by atoms with Crippen molar-refractivity contribution in [2.45, 2.75) is 45.1 Å². The number of pyridine rings is 1. The van der Waals surface area contributed by atoms with Gasteiger partial charge in [0.1, 0.15) is 11.3 Å². The van der Waals surface area contributed by atoms with Gasteiger partial charge in [0.05, 0.1) is 35.9 Å². The van der Waals surface area contributed by atoms with Crippen LogP contribution in [0.5, 0.6) is 0 Å². The number of nitrogens with one attached hydrogen (secondary N) is 1. The van der Waals surface area contributed by atoms with Crippen molar-refractivity contribution in [1.82, 2.24) is 20.4 Å². The molecule has 0 unspecified atom stereocenters. The molecule has 0 radical (unpaired) electrons. The molecule has 4 rings (SSSR count). The molecule has 176 valence electrons. The van der Waals surface area contributed by atoms with Crippen LogP contribution in [0.1, 0.15) is 41.6 Å². The molecule has 3 heterocycles. The van der Waals surface area contributed by atoms with Gasteiger partial charge in [0.2, 0.25) is 5.91 Å². The molecular weight excluding hydrogens is 444 g/mol. The van der Waals surface area contributed by atoms with E-state index in [1.54, 1.807) is 26.0 Å². The molecule has 0 bridgehead atoms. The van der Waals surface area contributed by atoms with Crippen molar-refractivity contribution in [1.29, 1.82) is 5.26 Å². The van der Waals surface area contributed by atoms with Crippen LogP contribution in [0.15, 0.2) is 35.0 Å². The van der Waals surface area contributed by atoms with Gasteiger partial charge >= 0.3 is 0 Å². The zero-order valence-electron chi connectivity index (χ0n) is 19.0. The smallest absolute Gasteiger partial charge is 0.268 e. The van der Waals surface area contributed by atoms with E-state index in [-0.39, 0.29) is 12.0 Å². The number of carbonyl (C=O) groups excluding carboxylic acids is 2. The van der Waals surface area contributed by atoms with Gasteiger partial charge in [-0.3, -0.25) is 14.6 Å². The van der Waals surface area contributed by atoms with Crippen LogP contribution in [0.3, 0.4) is 0 Å². The number of halogens is 2. The SMILES string of the molecule is CC[C@@]1(C#N)CC(F)(F)CN1C(=O)CNC(=O)c1ccnc2ccc(-c3c(C)noc3C)cc12. The second-order valence-corrected chi connectivity index (χ2v) is 8.48. The van der Waals surface area contributed by atoms with Crippen LogP contribution in [0.2, 0.25) is 0 Å². The fourth-order valence-electron chi connectivity index (χ4n) is 4.52. The van der Waals surface area contributed by atoms with Crippen LogP contribution < -0.4 is 5.32 Å². The number of fused-ring (bicyclic) bond motifs is 1. The zero-order valence-corrected chi connectivity index (χ0v) is 19.0. The van der Waals surface area contributed by atoms with E-state index in [9.17, 15) is 23.6 Å². The number of benzene rings is 1. The molecule has 1 atom stereocenters. The van der Waals surface area contributed by atoms with Gasteiger partial charge in [-0.05, 0) is 44.0 Å². The molecule has 34 heavy (non-hydrogen) atoms. The van der Waals surface area contributed by atoms with Crippen LogP contribution >= 0.6 is 0 Å². The van der Waals surface area contributed by atoms with E-state index in [4.69, 9.17) is 4.52 Å². The van der Waals surface area contributed by atoms with Crippen molar-refractivity contribution in [2.75, 3.05) is 13.1 Å². The predicted molar refractivity (Wildman–Crippen MR) is 119 cm³/mol. The predicted octanol–water partition coefficient (Wildman–Crippen LogP) is 3.78. The molecule has 1 aromatic carbocycles. The lowest BCUT2D eigenvalue weighted by Gasteiger charge is -2.30. The Balaban J connectivity index is 1.58. The summed E-state index contributed by atoms with van der Waals surface area (Å²) in [5, 5.41) is 16.5. The zero-order chi connectivity index (χ0) is 24.7. The second-order valence-electron chi connectivity index (χ2n) is 8.48. The van der Waals surface area contributed by atoms with Gasteiger partial charge in [0, 0.05) is 23.6 Å². The molecule has 0 spiro atoms. The lowest BCUT2D eigenvalue weighted by Crippen LogP contribution is -2.49. The summed E-state index contributed by atoms with van der Waals surface area (Å²) in [6.07, 6.45) is 0.831. The molecule has 1 N–H and O–H groups in total. The minimum absolute atomic E-state index is 0.0677. The monoisotopic (exact) mass is 467 g/mol. The Labute approximate surface area is 194 Å². The average Bonchev–Trinajstić information content (AvgIpc) is 3.31. The fraction of sp³-hybridized carbons (Fsp3) is 0.375. The van der Waals surface area contributed by atoms with Crippen LogP contribution in [0.4, 0.5) is 8.78 Å². The van der Waals surface area contributed by atoms with E-state index >= 15 is 0 Å². The summed E-state index contributed by atoms with van der Waals surface area (Å²) < 4.78 is 33.3. The summed E-state index contributed by atoms with van der Waals surface area (Å²) in [5.41, 5.74) is 1.58. The first kappa shape index (κ1) is 23.3. The Morgan fingerprint density at radius 1 is 1.29 bits per heavy atom. The lowest BCUT2D eigenvalue weighted by atomic mass is 9.94. The van der Waals surface area contributed by atoms with E-state index in [1.807, 2.05) is 19.1 Å². The first-order chi connectivity index (χ1) is 16.1. The highest BCUT2D eigenvalue weighted by atomic mass is 19.3. The Morgan fingerprint density at radius 3 is 2.71 bits per heavy atom. The minimum atomic E-state index is -3.15. The van der Waals surface area contributed by atoms with E-state index in [1.165, 1.54) is 12.3 Å². The maximum atomic E-state index is 14.0. The molecule has 10 heteroatoms. The largest absolute Gasteiger partial charge is 0.361 e. The number of nitrogens with zero attached hydrogens (tertiary/aromatic N) is 4. The first-order valence-corrected chi connectivity index (χ1v) is 10.8. The molecular formula is C24H23F2N5O3. The van der Waals surface area contributed by atoms with Gasteiger partial charge in [-0.15, -0.1) is 0 Å². The number of hydrogen-bond donors (Lipinski definition) is 1. The Hall–Kier alpha value is -3.87. The highest BCUT2D eigenvalue weighted by molar-refractivity contribution is 6.07. The Bertz CT molecular complexity index is 1310. The van der Waals surface area contributed by atoms with Gasteiger partial charge in [-0.2, -0.15) is 5.26 Å². The first-order valence-electron chi connectivity index (χ1n) is 10.8. The summed E-state index contributed by atoms with van der Waals surface area (Å²) in [4.78, 5) is 30.9. The highest BCUT2D eigenvalue weighted by Gasteiger charge is 2.56. The molecule has 0 aliphatic carbocycles. The Kier molecular flexibility index (Phi) is 5.81. The van der Waals surface area contributed by atoms with Gasteiger partial charge in [-0.25, -0.2) is 8.78 Å². The molecule has 1 fully saturated rings. The van der Waals surface area contributed by atoms with Crippen LogP contribution in [-0.4, -0.2) is 51.4 Å². The third kappa shape index (κ3) is 3.98. The molecule has 2 amide bonds. The molecule has 1 saturated heterocycles. The summed E-state index contributed by atoms with van der Waals surface area (Å²) >= 11 is 0. The maximum absolute atomic E-state index is 14.0. The van der Waals surface area contributed by atoms with E-state index in [0.717, 1.165) is 16.0 Å². The maximum Gasteiger partial charge on any atom is 0.268 e. The van der Waals surface area contributed by atoms with Crippen LogP contribution in [0.25, 0.3) is 22.0 Å². The number of amides is 2. The topological polar surface area (TPSA) is 112 Å². The van der Waals surface area contributed by atoms with Gasteiger partial charge in [-0.1, -0.05) is 18.1 Å². The van der Waals surface area contributed by atoms with Crippen LogP contribution in [0, 0.1) is 25.2 Å². The number of aromatic nitrogens is 2. The van der Waals surface area contributed by atoms with Crippen molar-refractivity contribution in [3.8, 4) is 17.2 Å². The quantitative estimate of drug-likeness (QED) is 0.611. The minimum Gasteiger partial charge on any atom is -0.361 e. The third-order valence-electron chi connectivity index (χ3n) is 6.26. The number of rotatable bonds is 5. The summed E-state index contributed by atoms with van der Waals surface area (Å²) in [7, 11) is 0. The molecule has 1 aliphatic rings. The van der Waals surface area contributed by atoms with Crippen molar-refractivity contribution in [3.05, 3.63) is 47.5 Å². The van der Waals surface area contributed by atoms with Crippen molar-refractivity contribution in [3.63, 3.8) is 0 Å². The number of nitriles is 1. The molecule has 8 nitrogen and oxygen atoms in total. The van der Waals surface area contributed by atoms with Crippen molar-refractivity contribution >= 4 is 22.7 Å². The van der Waals surface area contributed by atoms with Crippen molar-refractivity contribution < 1.29 is 22.9 Å². The second kappa shape index (κ2) is 8.48. The highest BCUT2D eigenvalue weighted by Crippen LogP contribution is 2.41. The van der Waals surface area contributed by atoms with E-state index in [0.29, 0.717) is 22.4 Å². The van der Waals surface area contributed by atoms with Gasteiger partial charge in [0.15, 0.2) is 0 Å². The average molecular weight is 467 g/mol. The summed E-state index contributed by atoms with van der Waals surface area (Å²) in [5.74, 6) is -3.80. The number of likely N-dealkylation sites (tertiary alicyclic amines) is 1. The normalized spacial score (nSPS) is 19.2. The fourth-order valence-corrected chi connectivity index (χ4v) is 4.52. The van der Waals surface area contributed by atoms with Crippen molar-refractivity contribution in [2.24, 2.45) is 0 Å². The number of carbonyl (C=O) groups is 2. The van der Waals surface area contributed by atoms with Gasteiger partial charge in [0.25, 0.3) is 11.8 Å². The van der Waals surface area contributed by atoms with E-state index in [2.05, 4.69) is 15.5 Å². The standard InChI is InChI=1S/C24H23F2N5O3/c1-4-23(12-27)11-24(25,26)13-31(23)20(32)10-29-22(33)17-7-8-28-19-6-5-16(9-18(17)19)21-14(2)30-34-15(21)3/h5-9H,4,10-11,13H2,1-3H3,(H,29,33)/t23-/m0/s1. The summed E-state index contributed by atoms with van der Waals surface area (Å²) in [6.45, 7) is 3.84.